The standard InChI is InChI=1S/C19H36N2/c1-2-5-16-6-4-12-21(13-10-16)19(15-20)11-3-7-18(14-19)17-8-9-17/h16-18H,2-15,20H2,1H3. The highest BCUT2D eigenvalue weighted by Gasteiger charge is 2.44. The Morgan fingerprint density at radius 3 is 2.57 bits per heavy atom. The molecular formula is C19H36N2. The van der Waals surface area contributed by atoms with Crippen molar-refractivity contribution >= 4 is 0 Å². The minimum Gasteiger partial charge on any atom is -0.329 e. The van der Waals surface area contributed by atoms with Crippen molar-refractivity contribution < 1.29 is 0 Å². The predicted octanol–water partition coefficient (Wildman–Crippen LogP) is 4.19. The first-order valence-corrected chi connectivity index (χ1v) is 9.72. The van der Waals surface area contributed by atoms with Gasteiger partial charge in [0.15, 0.2) is 0 Å². The molecule has 122 valence electrons. The molecule has 2 aliphatic carbocycles. The molecule has 0 bridgehead atoms. The fraction of sp³-hybridized carbons (Fsp3) is 1.00. The monoisotopic (exact) mass is 292 g/mol. The molecule has 3 aliphatic rings. The summed E-state index contributed by atoms with van der Waals surface area (Å²) in [7, 11) is 0. The zero-order chi connectivity index (χ0) is 14.7. The van der Waals surface area contributed by atoms with Crippen molar-refractivity contribution in [2.75, 3.05) is 19.6 Å². The Hall–Kier alpha value is -0.0800. The highest BCUT2D eigenvalue weighted by molar-refractivity contribution is 5.00. The van der Waals surface area contributed by atoms with E-state index in [1.165, 1.54) is 83.7 Å². The molecule has 3 fully saturated rings. The fourth-order valence-electron chi connectivity index (χ4n) is 5.29. The summed E-state index contributed by atoms with van der Waals surface area (Å²) in [6.07, 6.45) is 15.8. The Bertz CT molecular complexity index is 326. The summed E-state index contributed by atoms with van der Waals surface area (Å²) in [6.45, 7) is 5.87. The first-order chi connectivity index (χ1) is 10.3. The van der Waals surface area contributed by atoms with Crippen LogP contribution in [0.25, 0.3) is 0 Å². The number of rotatable bonds is 5. The highest BCUT2D eigenvalue weighted by Crippen LogP contribution is 2.48. The summed E-state index contributed by atoms with van der Waals surface area (Å²) in [5.41, 5.74) is 6.72. The van der Waals surface area contributed by atoms with E-state index in [1.54, 1.807) is 0 Å². The van der Waals surface area contributed by atoms with Crippen LogP contribution in [0.5, 0.6) is 0 Å². The second-order valence-corrected chi connectivity index (χ2v) is 8.19. The molecule has 0 amide bonds. The average molecular weight is 293 g/mol. The van der Waals surface area contributed by atoms with Gasteiger partial charge < -0.3 is 5.73 Å². The number of nitrogens with two attached hydrogens (primary N) is 1. The van der Waals surface area contributed by atoms with Gasteiger partial charge in [-0.1, -0.05) is 32.6 Å². The van der Waals surface area contributed by atoms with Crippen LogP contribution in [0.3, 0.4) is 0 Å². The van der Waals surface area contributed by atoms with Gasteiger partial charge in [0, 0.05) is 12.1 Å². The smallest absolute Gasteiger partial charge is 0.0334 e. The minimum atomic E-state index is 0.368. The van der Waals surface area contributed by atoms with E-state index in [0.29, 0.717) is 5.54 Å². The molecule has 2 N–H and O–H groups in total. The molecule has 2 heteroatoms. The first kappa shape index (κ1) is 15.8. The van der Waals surface area contributed by atoms with Crippen molar-refractivity contribution in [1.29, 1.82) is 0 Å². The van der Waals surface area contributed by atoms with Gasteiger partial charge in [-0.15, -0.1) is 0 Å². The molecule has 0 aromatic heterocycles. The van der Waals surface area contributed by atoms with Crippen LogP contribution in [0.1, 0.15) is 77.6 Å². The number of likely N-dealkylation sites (tertiary alicyclic amines) is 1. The Labute approximate surface area is 131 Å². The van der Waals surface area contributed by atoms with Crippen LogP contribution in [-0.2, 0) is 0 Å². The van der Waals surface area contributed by atoms with Gasteiger partial charge in [-0.3, -0.25) is 4.90 Å². The Balaban J connectivity index is 1.63. The van der Waals surface area contributed by atoms with Crippen molar-refractivity contribution in [2.45, 2.75) is 83.1 Å². The van der Waals surface area contributed by atoms with Crippen LogP contribution >= 0.6 is 0 Å². The average Bonchev–Trinajstić information content (AvgIpc) is 3.35. The minimum absolute atomic E-state index is 0.368. The highest BCUT2D eigenvalue weighted by atomic mass is 15.2. The Morgan fingerprint density at radius 1 is 1.00 bits per heavy atom. The molecule has 3 unspecified atom stereocenters. The third kappa shape index (κ3) is 3.64. The summed E-state index contributed by atoms with van der Waals surface area (Å²) in [5.74, 6) is 3.05. The van der Waals surface area contributed by atoms with Crippen molar-refractivity contribution in [2.24, 2.45) is 23.5 Å². The van der Waals surface area contributed by atoms with E-state index in [0.717, 1.165) is 24.3 Å². The predicted molar refractivity (Wildman–Crippen MR) is 90.3 cm³/mol. The van der Waals surface area contributed by atoms with Crippen LogP contribution < -0.4 is 5.73 Å². The van der Waals surface area contributed by atoms with Crippen LogP contribution in [0.4, 0.5) is 0 Å². The molecule has 0 aromatic carbocycles. The maximum atomic E-state index is 6.35. The second kappa shape index (κ2) is 7.00. The number of hydrogen-bond acceptors (Lipinski definition) is 2. The van der Waals surface area contributed by atoms with Gasteiger partial charge in [0.1, 0.15) is 0 Å². The largest absolute Gasteiger partial charge is 0.329 e. The van der Waals surface area contributed by atoms with E-state index in [9.17, 15) is 0 Å². The van der Waals surface area contributed by atoms with Gasteiger partial charge in [0.05, 0.1) is 0 Å². The fourth-order valence-corrected chi connectivity index (χ4v) is 5.29. The SMILES string of the molecule is CCCC1CCCN(C2(CN)CCCC(C3CC3)C2)CC1. The summed E-state index contributed by atoms with van der Waals surface area (Å²) in [5, 5.41) is 0. The van der Waals surface area contributed by atoms with Crippen molar-refractivity contribution in [3.05, 3.63) is 0 Å². The van der Waals surface area contributed by atoms with Crippen molar-refractivity contribution in [3.8, 4) is 0 Å². The maximum Gasteiger partial charge on any atom is 0.0334 e. The maximum absolute atomic E-state index is 6.35. The van der Waals surface area contributed by atoms with Crippen LogP contribution in [0, 0.1) is 17.8 Å². The van der Waals surface area contributed by atoms with E-state index < -0.39 is 0 Å². The van der Waals surface area contributed by atoms with Crippen LogP contribution in [0.15, 0.2) is 0 Å². The zero-order valence-corrected chi connectivity index (χ0v) is 14.2. The van der Waals surface area contributed by atoms with E-state index in [1.807, 2.05) is 0 Å². The third-order valence-electron chi connectivity index (χ3n) is 6.74. The molecule has 2 saturated carbocycles. The molecule has 1 aliphatic heterocycles. The lowest BCUT2D eigenvalue weighted by atomic mass is 9.72. The van der Waals surface area contributed by atoms with Crippen molar-refractivity contribution in [1.82, 2.24) is 4.90 Å². The third-order valence-corrected chi connectivity index (χ3v) is 6.74. The van der Waals surface area contributed by atoms with E-state index in [4.69, 9.17) is 5.73 Å². The lowest BCUT2D eigenvalue weighted by Gasteiger charge is -2.48. The molecule has 3 rings (SSSR count). The molecule has 1 heterocycles. The summed E-state index contributed by atoms with van der Waals surface area (Å²) in [4.78, 5) is 2.84. The lowest BCUT2D eigenvalue weighted by Crippen LogP contribution is -2.56. The van der Waals surface area contributed by atoms with Gasteiger partial charge >= 0.3 is 0 Å². The lowest BCUT2D eigenvalue weighted by molar-refractivity contribution is 0.0325. The Morgan fingerprint density at radius 2 is 1.86 bits per heavy atom. The molecule has 0 aromatic rings. The molecule has 0 spiro atoms. The van der Waals surface area contributed by atoms with Crippen LogP contribution in [0.2, 0.25) is 0 Å². The van der Waals surface area contributed by atoms with Gasteiger partial charge in [-0.05, 0) is 75.8 Å². The van der Waals surface area contributed by atoms with E-state index in [-0.39, 0.29) is 0 Å². The zero-order valence-electron chi connectivity index (χ0n) is 14.2. The van der Waals surface area contributed by atoms with Gasteiger partial charge in [-0.2, -0.15) is 0 Å². The first-order valence-electron chi connectivity index (χ1n) is 9.72. The molecule has 21 heavy (non-hydrogen) atoms. The normalized spacial score (nSPS) is 39.1. The Kier molecular flexibility index (Phi) is 5.27. The topological polar surface area (TPSA) is 29.3 Å². The van der Waals surface area contributed by atoms with Crippen molar-refractivity contribution in [3.63, 3.8) is 0 Å². The quantitative estimate of drug-likeness (QED) is 0.823. The summed E-state index contributed by atoms with van der Waals surface area (Å²) in [6, 6.07) is 0. The van der Waals surface area contributed by atoms with E-state index >= 15 is 0 Å². The molecule has 3 atom stereocenters. The van der Waals surface area contributed by atoms with Gasteiger partial charge in [0.25, 0.3) is 0 Å². The van der Waals surface area contributed by atoms with E-state index in [2.05, 4.69) is 11.8 Å². The molecular weight excluding hydrogens is 256 g/mol. The summed E-state index contributed by atoms with van der Waals surface area (Å²) < 4.78 is 0. The number of nitrogens with zero attached hydrogens (tertiary/aromatic N) is 1. The molecule has 2 nitrogen and oxygen atoms in total. The van der Waals surface area contributed by atoms with Gasteiger partial charge in [0.2, 0.25) is 0 Å². The molecule has 1 saturated heterocycles. The van der Waals surface area contributed by atoms with Gasteiger partial charge in [-0.25, -0.2) is 0 Å². The second-order valence-electron chi connectivity index (χ2n) is 8.19. The van der Waals surface area contributed by atoms with Crippen LogP contribution in [-0.4, -0.2) is 30.1 Å². The summed E-state index contributed by atoms with van der Waals surface area (Å²) >= 11 is 0. The number of hydrogen-bond donors (Lipinski definition) is 1. The molecule has 0 radical (unpaired) electrons.